The maximum absolute atomic E-state index is 13.9. The maximum Gasteiger partial charge on any atom is 0.335 e. The Labute approximate surface area is 122 Å². The van der Waals surface area contributed by atoms with Crippen LogP contribution < -0.4 is 0 Å². The number of halogens is 1. The third kappa shape index (κ3) is 3.39. The van der Waals surface area contributed by atoms with Crippen molar-refractivity contribution in [1.29, 1.82) is 0 Å². The van der Waals surface area contributed by atoms with Crippen molar-refractivity contribution in [3.05, 3.63) is 29.6 Å². The lowest BCUT2D eigenvalue weighted by atomic mass is 10.2. The first-order valence-corrected chi connectivity index (χ1v) is 7.87. The van der Waals surface area contributed by atoms with Gasteiger partial charge in [-0.2, -0.15) is 4.31 Å². The van der Waals surface area contributed by atoms with Crippen LogP contribution in [-0.4, -0.2) is 50.1 Å². The van der Waals surface area contributed by atoms with E-state index < -0.39 is 26.7 Å². The van der Waals surface area contributed by atoms with Gasteiger partial charge in [-0.25, -0.2) is 17.6 Å². The van der Waals surface area contributed by atoms with E-state index in [2.05, 4.69) is 0 Å². The van der Waals surface area contributed by atoms with Gasteiger partial charge in [-0.15, -0.1) is 0 Å². The quantitative estimate of drug-likeness (QED) is 0.885. The van der Waals surface area contributed by atoms with Crippen molar-refractivity contribution < 1.29 is 27.4 Å². The van der Waals surface area contributed by atoms with Gasteiger partial charge in [0.05, 0.1) is 11.7 Å². The van der Waals surface area contributed by atoms with Crippen molar-refractivity contribution in [2.75, 3.05) is 20.2 Å². The van der Waals surface area contributed by atoms with Gasteiger partial charge in [-0.05, 0) is 31.0 Å². The minimum absolute atomic E-state index is 0.141. The number of sulfonamides is 1. The summed E-state index contributed by atoms with van der Waals surface area (Å²) in [5, 5.41) is 8.76. The van der Waals surface area contributed by atoms with E-state index in [0.29, 0.717) is 12.7 Å². The Morgan fingerprint density at radius 2 is 2.24 bits per heavy atom. The molecular weight excluding hydrogens is 301 g/mol. The standard InChI is InChI=1S/C13H16FNO5S/c1-15(8-10-3-2-6-20-10)21(18,19)12-5-4-9(13(16)17)7-11(12)14/h4-5,7,10H,2-3,6,8H2,1H3,(H,16,17). The molecule has 116 valence electrons. The van der Waals surface area contributed by atoms with E-state index in [1.54, 1.807) is 0 Å². The summed E-state index contributed by atoms with van der Waals surface area (Å²) in [6.45, 7) is 0.739. The van der Waals surface area contributed by atoms with Crippen LogP contribution in [0.15, 0.2) is 23.1 Å². The number of likely N-dealkylation sites (N-methyl/N-ethyl adjacent to an activating group) is 1. The first-order valence-electron chi connectivity index (χ1n) is 6.43. The van der Waals surface area contributed by atoms with Crippen LogP contribution >= 0.6 is 0 Å². The molecule has 6 nitrogen and oxygen atoms in total. The minimum Gasteiger partial charge on any atom is -0.478 e. The van der Waals surface area contributed by atoms with Crippen LogP contribution in [0.3, 0.4) is 0 Å². The van der Waals surface area contributed by atoms with Crippen LogP contribution in [0.25, 0.3) is 0 Å². The Kier molecular flexibility index (Phi) is 4.60. The monoisotopic (exact) mass is 317 g/mol. The Bertz CT molecular complexity index is 640. The fourth-order valence-electron chi connectivity index (χ4n) is 2.18. The second-order valence-corrected chi connectivity index (χ2v) is 6.88. The highest BCUT2D eigenvalue weighted by atomic mass is 32.2. The fourth-order valence-corrected chi connectivity index (χ4v) is 3.43. The molecule has 1 unspecified atom stereocenters. The Morgan fingerprint density at radius 3 is 2.76 bits per heavy atom. The molecule has 2 rings (SSSR count). The summed E-state index contributed by atoms with van der Waals surface area (Å²) in [4.78, 5) is 10.2. The molecule has 1 aromatic rings. The van der Waals surface area contributed by atoms with Gasteiger partial charge < -0.3 is 9.84 Å². The first kappa shape index (κ1) is 15.9. The van der Waals surface area contributed by atoms with Crippen LogP contribution in [0.2, 0.25) is 0 Å². The predicted octanol–water partition coefficient (Wildman–Crippen LogP) is 1.32. The van der Waals surface area contributed by atoms with Gasteiger partial charge in [-0.1, -0.05) is 0 Å². The van der Waals surface area contributed by atoms with Gasteiger partial charge in [0.1, 0.15) is 10.7 Å². The topological polar surface area (TPSA) is 83.9 Å². The summed E-state index contributed by atoms with van der Waals surface area (Å²) in [6, 6.07) is 2.74. The van der Waals surface area contributed by atoms with Crippen LogP contribution in [0.4, 0.5) is 4.39 Å². The summed E-state index contributed by atoms with van der Waals surface area (Å²) in [7, 11) is -2.67. The number of rotatable bonds is 5. The molecule has 0 aromatic heterocycles. The summed E-state index contributed by atoms with van der Waals surface area (Å²) < 4.78 is 44.9. The van der Waals surface area contributed by atoms with Crippen molar-refractivity contribution in [2.45, 2.75) is 23.8 Å². The molecule has 0 radical (unpaired) electrons. The van der Waals surface area contributed by atoms with Gasteiger partial charge in [0.2, 0.25) is 10.0 Å². The first-order chi connectivity index (χ1) is 9.82. The van der Waals surface area contributed by atoms with E-state index >= 15 is 0 Å². The van der Waals surface area contributed by atoms with Gasteiger partial charge >= 0.3 is 5.97 Å². The summed E-state index contributed by atoms with van der Waals surface area (Å²) in [5.74, 6) is -2.39. The maximum atomic E-state index is 13.9. The normalized spacial score (nSPS) is 19.1. The smallest absolute Gasteiger partial charge is 0.335 e. The van der Waals surface area contributed by atoms with Gasteiger partial charge in [0, 0.05) is 20.2 Å². The summed E-state index contributed by atoms with van der Waals surface area (Å²) in [6.07, 6.45) is 1.45. The number of hydrogen-bond acceptors (Lipinski definition) is 4. The molecule has 1 fully saturated rings. The van der Waals surface area contributed by atoms with E-state index in [9.17, 15) is 17.6 Å². The molecule has 0 amide bonds. The summed E-state index contributed by atoms with van der Waals surface area (Å²) >= 11 is 0. The van der Waals surface area contributed by atoms with E-state index in [0.717, 1.165) is 29.3 Å². The van der Waals surface area contributed by atoms with E-state index in [4.69, 9.17) is 9.84 Å². The predicted molar refractivity (Wildman–Crippen MR) is 72.1 cm³/mol. The SMILES string of the molecule is CN(CC1CCCO1)S(=O)(=O)c1ccc(C(=O)O)cc1F. The molecule has 21 heavy (non-hydrogen) atoms. The number of aromatic carboxylic acids is 1. The molecule has 1 aromatic carbocycles. The van der Waals surface area contributed by atoms with E-state index in [-0.39, 0.29) is 18.2 Å². The number of ether oxygens (including phenoxy) is 1. The van der Waals surface area contributed by atoms with Crippen molar-refractivity contribution in [3.63, 3.8) is 0 Å². The molecule has 1 aliphatic rings. The Morgan fingerprint density at radius 1 is 1.52 bits per heavy atom. The molecule has 0 saturated carbocycles. The van der Waals surface area contributed by atoms with Crippen molar-refractivity contribution >= 4 is 16.0 Å². The van der Waals surface area contributed by atoms with E-state index in [1.165, 1.54) is 7.05 Å². The summed E-state index contributed by atoms with van der Waals surface area (Å²) in [5.41, 5.74) is -0.298. The lowest BCUT2D eigenvalue weighted by Crippen LogP contribution is -2.34. The number of nitrogens with zero attached hydrogens (tertiary/aromatic N) is 1. The third-order valence-corrected chi connectivity index (χ3v) is 5.21. The van der Waals surface area contributed by atoms with Gasteiger partial charge in [0.15, 0.2) is 0 Å². The van der Waals surface area contributed by atoms with Gasteiger partial charge in [0.25, 0.3) is 0 Å². The largest absolute Gasteiger partial charge is 0.478 e. The highest BCUT2D eigenvalue weighted by Gasteiger charge is 2.28. The second-order valence-electron chi connectivity index (χ2n) is 4.87. The lowest BCUT2D eigenvalue weighted by molar-refractivity contribution is 0.0696. The van der Waals surface area contributed by atoms with E-state index in [1.807, 2.05) is 0 Å². The second kappa shape index (κ2) is 6.08. The number of hydrogen-bond donors (Lipinski definition) is 1. The number of carboxylic acid groups (broad SMARTS) is 1. The average molecular weight is 317 g/mol. The number of carboxylic acids is 1. The number of benzene rings is 1. The molecule has 8 heteroatoms. The van der Waals surface area contributed by atoms with Crippen LogP contribution in [0, 0.1) is 5.82 Å². The molecule has 1 N–H and O–H groups in total. The van der Waals surface area contributed by atoms with Crippen molar-refractivity contribution in [3.8, 4) is 0 Å². The lowest BCUT2D eigenvalue weighted by Gasteiger charge is -2.20. The zero-order valence-corrected chi connectivity index (χ0v) is 12.3. The molecule has 0 spiro atoms. The molecule has 1 heterocycles. The Hall–Kier alpha value is -1.51. The Balaban J connectivity index is 2.23. The zero-order chi connectivity index (χ0) is 15.6. The average Bonchev–Trinajstić information content (AvgIpc) is 2.90. The fraction of sp³-hybridized carbons (Fsp3) is 0.462. The molecular formula is C13H16FNO5S. The molecule has 0 aliphatic carbocycles. The highest BCUT2D eigenvalue weighted by Crippen LogP contribution is 2.22. The van der Waals surface area contributed by atoms with Gasteiger partial charge in [-0.3, -0.25) is 0 Å². The molecule has 0 bridgehead atoms. The highest BCUT2D eigenvalue weighted by molar-refractivity contribution is 7.89. The molecule has 1 atom stereocenters. The van der Waals surface area contributed by atoms with Crippen LogP contribution in [-0.2, 0) is 14.8 Å². The zero-order valence-electron chi connectivity index (χ0n) is 11.5. The minimum atomic E-state index is -4.01. The number of carbonyl (C=O) groups is 1. The van der Waals surface area contributed by atoms with Crippen LogP contribution in [0.1, 0.15) is 23.2 Å². The van der Waals surface area contributed by atoms with Crippen molar-refractivity contribution in [2.24, 2.45) is 0 Å². The molecule has 1 saturated heterocycles. The van der Waals surface area contributed by atoms with Crippen molar-refractivity contribution in [1.82, 2.24) is 4.31 Å². The molecule has 1 aliphatic heterocycles. The van der Waals surface area contributed by atoms with Crippen LogP contribution in [0.5, 0.6) is 0 Å². The third-order valence-electron chi connectivity index (χ3n) is 3.35.